The molecular weight excluding hydrogens is 369 g/mol. The molecule has 2 aromatic rings. The molecule has 0 spiro atoms. The van der Waals surface area contributed by atoms with Crippen LogP contribution in [0.4, 0.5) is 24.5 Å². The minimum atomic E-state index is -4.49. The van der Waals surface area contributed by atoms with Crippen LogP contribution in [0.5, 0.6) is 0 Å². The van der Waals surface area contributed by atoms with Crippen LogP contribution in [0.2, 0.25) is 5.02 Å². The summed E-state index contributed by atoms with van der Waals surface area (Å²) in [6.07, 6.45) is -4.51. The number of hydrogen-bond donors (Lipinski definition) is 1. The van der Waals surface area contributed by atoms with E-state index in [1.54, 1.807) is 24.3 Å². The third-order valence-corrected chi connectivity index (χ3v) is 4.31. The van der Waals surface area contributed by atoms with Crippen LogP contribution in [0.25, 0.3) is 0 Å². The Balaban J connectivity index is 1.71. The minimum Gasteiger partial charge on any atom is -0.326 e. The topological polar surface area (TPSA) is 49.4 Å². The summed E-state index contributed by atoms with van der Waals surface area (Å²) in [6, 6.07) is 11.1. The van der Waals surface area contributed by atoms with Crippen molar-refractivity contribution in [1.82, 2.24) is 0 Å². The smallest absolute Gasteiger partial charge is 0.326 e. The fourth-order valence-electron chi connectivity index (χ4n) is 2.79. The van der Waals surface area contributed by atoms with Gasteiger partial charge >= 0.3 is 6.18 Å². The van der Waals surface area contributed by atoms with E-state index in [-0.39, 0.29) is 24.6 Å². The quantitative estimate of drug-likeness (QED) is 0.858. The predicted octanol–water partition coefficient (Wildman–Crippen LogP) is 4.35. The molecule has 2 amide bonds. The lowest BCUT2D eigenvalue weighted by atomic mass is 10.1. The number of carbonyl (C=O) groups excluding carboxylic acids is 2. The molecule has 3 rings (SSSR count). The van der Waals surface area contributed by atoms with Gasteiger partial charge in [0.15, 0.2) is 0 Å². The highest BCUT2D eigenvalue weighted by molar-refractivity contribution is 6.31. The maximum atomic E-state index is 12.8. The standard InChI is InChI=1S/C18H14ClF3N2O2/c19-13-4-2-6-15(9-13)24-10-11(7-16(24)25)17(26)23-14-5-1-3-12(8-14)18(20,21)22/h1-6,8-9,11H,7,10H2,(H,23,26). The molecule has 2 aromatic carbocycles. The van der Waals surface area contributed by atoms with E-state index >= 15 is 0 Å². The zero-order valence-electron chi connectivity index (χ0n) is 13.4. The molecule has 0 radical (unpaired) electrons. The van der Waals surface area contributed by atoms with E-state index in [1.165, 1.54) is 17.0 Å². The molecule has 1 saturated heterocycles. The first kappa shape index (κ1) is 18.3. The van der Waals surface area contributed by atoms with Crippen molar-refractivity contribution in [3.05, 3.63) is 59.1 Å². The second-order valence-electron chi connectivity index (χ2n) is 5.95. The van der Waals surface area contributed by atoms with E-state index in [1.807, 2.05) is 0 Å². The SMILES string of the molecule is O=C(Nc1cccc(C(F)(F)F)c1)C1CC(=O)N(c2cccc(Cl)c2)C1. The fourth-order valence-corrected chi connectivity index (χ4v) is 2.98. The Bertz CT molecular complexity index is 854. The summed E-state index contributed by atoms with van der Waals surface area (Å²) in [5.41, 5.74) is -0.228. The third-order valence-electron chi connectivity index (χ3n) is 4.07. The van der Waals surface area contributed by atoms with Gasteiger partial charge in [-0.05, 0) is 36.4 Å². The van der Waals surface area contributed by atoms with Gasteiger partial charge in [-0.3, -0.25) is 9.59 Å². The van der Waals surface area contributed by atoms with Crippen molar-refractivity contribution in [1.29, 1.82) is 0 Å². The second-order valence-corrected chi connectivity index (χ2v) is 6.39. The number of nitrogens with zero attached hydrogens (tertiary/aromatic N) is 1. The van der Waals surface area contributed by atoms with Gasteiger partial charge in [0, 0.05) is 29.4 Å². The van der Waals surface area contributed by atoms with E-state index in [9.17, 15) is 22.8 Å². The summed E-state index contributed by atoms with van der Waals surface area (Å²) in [5.74, 6) is -1.39. The molecule has 0 saturated carbocycles. The highest BCUT2D eigenvalue weighted by Gasteiger charge is 2.35. The summed E-state index contributed by atoms with van der Waals surface area (Å²) in [5, 5.41) is 2.92. The zero-order valence-corrected chi connectivity index (χ0v) is 14.1. The molecule has 8 heteroatoms. The van der Waals surface area contributed by atoms with Crippen LogP contribution < -0.4 is 10.2 Å². The number of halogens is 4. The molecule has 1 aliphatic heterocycles. The highest BCUT2D eigenvalue weighted by Crippen LogP contribution is 2.31. The molecule has 1 atom stereocenters. The van der Waals surface area contributed by atoms with Crippen LogP contribution in [0.1, 0.15) is 12.0 Å². The van der Waals surface area contributed by atoms with Gasteiger partial charge in [-0.15, -0.1) is 0 Å². The second kappa shape index (κ2) is 6.99. The Kier molecular flexibility index (Phi) is 4.91. The number of hydrogen-bond acceptors (Lipinski definition) is 2. The van der Waals surface area contributed by atoms with Crippen molar-refractivity contribution in [2.75, 3.05) is 16.8 Å². The number of anilines is 2. The molecule has 1 aliphatic rings. The number of amides is 2. The summed E-state index contributed by atoms with van der Waals surface area (Å²) in [7, 11) is 0. The van der Waals surface area contributed by atoms with E-state index in [4.69, 9.17) is 11.6 Å². The molecule has 0 aromatic heterocycles. The van der Waals surface area contributed by atoms with Crippen molar-refractivity contribution in [2.24, 2.45) is 5.92 Å². The molecule has 1 N–H and O–H groups in total. The number of nitrogens with one attached hydrogen (secondary N) is 1. The Hall–Kier alpha value is -2.54. The minimum absolute atomic E-state index is 0.0166. The number of benzene rings is 2. The van der Waals surface area contributed by atoms with Crippen molar-refractivity contribution in [3.8, 4) is 0 Å². The predicted molar refractivity (Wildman–Crippen MR) is 92.0 cm³/mol. The molecule has 1 heterocycles. The first-order valence-electron chi connectivity index (χ1n) is 7.78. The molecule has 136 valence electrons. The Morgan fingerprint density at radius 3 is 2.58 bits per heavy atom. The first-order valence-corrected chi connectivity index (χ1v) is 8.16. The van der Waals surface area contributed by atoms with Gasteiger partial charge in [-0.2, -0.15) is 13.2 Å². The lowest BCUT2D eigenvalue weighted by Crippen LogP contribution is -2.28. The maximum absolute atomic E-state index is 12.8. The molecule has 1 fully saturated rings. The van der Waals surface area contributed by atoms with E-state index in [0.717, 1.165) is 12.1 Å². The van der Waals surface area contributed by atoms with Crippen molar-refractivity contribution in [2.45, 2.75) is 12.6 Å². The van der Waals surface area contributed by atoms with Crippen molar-refractivity contribution >= 4 is 34.8 Å². The van der Waals surface area contributed by atoms with Crippen LogP contribution in [0.3, 0.4) is 0 Å². The van der Waals surface area contributed by atoms with E-state index in [2.05, 4.69) is 5.32 Å². The number of alkyl halides is 3. The van der Waals surface area contributed by atoms with Crippen LogP contribution in [0, 0.1) is 5.92 Å². The average molecular weight is 383 g/mol. The summed E-state index contributed by atoms with van der Waals surface area (Å²) >= 11 is 5.92. The molecule has 1 unspecified atom stereocenters. The van der Waals surface area contributed by atoms with Gasteiger partial charge < -0.3 is 10.2 Å². The van der Waals surface area contributed by atoms with Crippen LogP contribution >= 0.6 is 11.6 Å². The van der Waals surface area contributed by atoms with Crippen molar-refractivity contribution in [3.63, 3.8) is 0 Å². The van der Waals surface area contributed by atoms with Gasteiger partial charge in [0.05, 0.1) is 11.5 Å². The fraction of sp³-hybridized carbons (Fsp3) is 0.222. The lowest BCUT2D eigenvalue weighted by molar-refractivity contribution is -0.137. The summed E-state index contributed by atoms with van der Waals surface area (Å²) < 4.78 is 38.3. The van der Waals surface area contributed by atoms with Gasteiger partial charge in [-0.1, -0.05) is 23.7 Å². The van der Waals surface area contributed by atoms with Gasteiger partial charge in [0.25, 0.3) is 0 Å². The summed E-state index contributed by atoms with van der Waals surface area (Å²) in [4.78, 5) is 26.0. The molecule has 0 bridgehead atoms. The van der Waals surface area contributed by atoms with Crippen LogP contribution in [-0.4, -0.2) is 18.4 Å². The highest BCUT2D eigenvalue weighted by atomic mass is 35.5. The maximum Gasteiger partial charge on any atom is 0.416 e. The Morgan fingerprint density at radius 1 is 1.15 bits per heavy atom. The Morgan fingerprint density at radius 2 is 1.88 bits per heavy atom. The molecular formula is C18H14ClF3N2O2. The average Bonchev–Trinajstić information content (AvgIpc) is 2.96. The van der Waals surface area contributed by atoms with Crippen LogP contribution in [0.15, 0.2) is 48.5 Å². The molecule has 26 heavy (non-hydrogen) atoms. The zero-order chi connectivity index (χ0) is 18.9. The Labute approximate surface area is 152 Å². The lowest BCUT2D eigenvalue weighted by Gasteiger charge is -2.17. The molecule has 4 nitrogen and oxygen atoms in total. The first-order chi connectivity index (χ1) is 12.2. The van der Waals surface area contributed by atoms with Gasteiger partial charge in [0.2, 0.25) is 11.8 Å². The van der Waals surface area contributed by atoms with Crippen molar-refractivity contribution < 1.29 is 22.8 Å². The van der Waals surface area contributed by atoms with Gasteiger partial charge in [-0.25, -0.2) is 0 Å². The van der Waals surface area contributed by atoms with Gasteiger partial charge in [0.1, 0.15) is 0 Å². The van der Waals surface area contributed by atoms with Crippen LogP contribution in [-0.2, 0) is 15.8 Å². The normalized spacial score (nSPS) is 17.5. The largest absolute Gasteiger partial charge is 0.416 e. The number of rotatable bonds is 3. The summed E-state index contributed by atoms with van der Waals surface area (Å²) in [6.45, 7) is 0.143. The molecule has 0 aliphatic carbocycles. The number of carbonyl (C=O) groups is 2. The van der Waals surface area contributed by atoms with E-state index < -0.39 is 23.6 Å². The third kappa shape index (κ3) is 3.99. The van der Waals surface area contributed by atoms with E-state index in [0.29, 0.717) is 10.7 Å². The monoisotopic (exact) mass is 382 g/mol.